The van der Waals surface area contributed by atoms with Gasteiger partial charge in [0, 0.05) is 28.6 Å². The van der Waals surface area contributed by atoms with Crippen molar-refractivity contribution in [3.63, 3.8) is 0 Å². The average molecular weight is 436 g/mol. The molecule has 0 aliphatic heterocycles. The molecule has 0 spiro atoms. The van der Waals surface area contributed by atoms with Crippen LogP contribution in [0, 0.1) is 0 Å². The van der Waals surface area contributed by atoms with Gasteiger partial charge in [-0.2, -0.15) is 10.2 Å². The molecule has 0 saturated carbocycles. The summed E-state index contributed by atoms with van der Waals surface area (Å²) in [6, 6.07) is 21.0. The number of anilines is 1. The fraction of sp³-hybridized carbons (Fsp3) is 0.120. The Kier molecular flexibility index (Phi) is 4.51. The molecule has 1 amide bonds. The first-order valence-corrected chi connectivity index (χ1v) is 10.7. The SMILES string of the molecule is O=CN(c1cccc(-c2n[nH]c3ccc(-c4ncn[nH]4)cc23)c1)[C@@H]1c2ccccc2C[C@@H]1O. The van der Waals surface area contributed by atoms with Crippen LogP contribution in [0.3, 0.4) is 0 Å². The van der Waals surface area contributed by atoms with Gasteiger partial charge in [-0.15, -0.1) is 0 Å². The van der Waals surface area contributed by atoms with Gasteiger partial charge in [0.15, 0.2) is 5.82 Å². The predicted molar refractivity (Wildman–Crippen MR) is 124 cm³/mol. The predicted octanol–water partition coefficient (Wildman–Crippen LogP) is 3.64. The standard InChI is InChI=1S/C25H20N6O2/c32-14-31(24-19-7-2-1-4-15(19)12-22(24)33)18-6-3-5-16(10-18)23-20-11-17(25-26-13-27-30-25)8-9-21(20)28-29-23/h1-11,13-14,22,24,33H,12H2,(H,28,29)(H,26,27,30)/t22-,24+/m0/s1. The molecule has 0 radical (unpaired) electrons. The lowest BCUT2D eigenvalue weighted by atomic mass is 10.0. The minimum absolute atomic E-state index is 0.428. The number of aromatic amines is 2. The fourth-order valence-electron chi connectivity index (χ4n) is 4.71. The number of carbonyl (C=O) groups excluding carboxylic acids is 1. The number of H-pyrrole nitrogens is 2. The fourth-order valence-corrected chi connectivity index (χ4v) is 4.71. The third-order valence-corrected chi connectivity index (χ3v) is 6.25. The van der Waals surface area contributed by atoms with Crippen molar-refractivity contribution >= 4 is 23.0 Å². The Morgan fingerprint density at radius 3 is 2.76 bits per heavy atom. The van der Waals surface area contributed by atoms with Gasteiger partial charge >= 0.3 is 0 Å². The number of amides is 1. The minimum atomic E-state index is -0.660. The van der Waals surface area contributed by atoms with E-state index in [2.05, 4.69) is 25.4 Å². The van der Waals surface area contributed by atoms with Crippen molar-refractivity contribution in [3.05, 3.63) is 84.2 Å². The van der Waals surface area contributed by atoms with Crippen LogP contribution in [0.25, 0.3) is 33.5 Å². The molecule has 6 rings (SSSR count). The van der Waals surface area contributed by atoms with Crippen LogP contribution < -0.4 is 4.90 Å². The smallest absolute Gasteiger partial charge is 0.214 e. The highest BCUT2D eigenvalue weighted by molar-refractivity contribution is 5.96. The summed E-state index contributed by atoms with van der Waals surface area (Å²) in [5.74, 6) is 0.679. The summed E-state index contributed by atoms with van der Waals surface area (Å²) < 4.78 is 0. The molecule has 5 aromatic rings. The molecule has 33 heavy (non-hydrogen) atoms. The van der Waals surface area contributed by atoms with Crippen LogP contribution in [0.2, 0.25) is 0 Å². The highest BCUT2D eigenvalue weighted by Gasteiger charge is 2.35. The van der Waals surface area contributed by atoms with Crippen molar-refractivity contribution in [3.8, 4) is 22.6 Å². The molecule has 0 unspecified atom stereocenters. The zero-order valence-corrected chi connectivity index (χ0v) is 17.5. The van der Waals surface area contributed by atoms with E-state index in [9.17, 15) is 9.90 Å². The Bertz CT molecular complexity index is 1460. The number of carbonyl (C=O) groups is 1. The average Bonchev–Trinajstić information content (AvgIpc) is 3.59. The van der Waals surface area contributed by atoms with Crippen LogP contribution in [-0.4, -0.2) is 43.0 Å². The number of nitrogens with one attached hydrogen (secondary N) is 2. The molecule has 162 valence electrons. The van der Waals surface area contributed by atoms with Gasteiger partial charge in [-0.1, -0.05) is 36.4 Å². The highest BCUT2D eigenvalue weighted by Crippen LogP contribution is 2.39. The molecule has 0 bridgehead atoms. The van der Waals surface area contributed by atoms with Crippen LogP contribution in [0.1, 0.15) is 17.2 Å². The first-order chi connectivity index (χ1) is 16.2. The van der Waals surface area contributed by atoms with Gasteiger partial charge in [-0.25, -0.2) is 4.98 Å². The lowest BCUT2D eigenvalue weighted by molar-refractivity contribution is -0.108. The van der Waals surface area contributed by atoms with Gasteiger partial charge in [0.25, 0.3) is 0 Å². The quantitative estimate of drug-likeness (QED) is 0.364. The Balaban J connectivity index is 1.42. The lowest BCUT2D eigenvalue weighted by Crippen LogP contribution is -2.33. The maximum atomic E-state index is 12.2. The van der Waals surface area contributed by atoms with Crippen molar-refractivity contribution in [2.45, 2.75) is 18.6 Å². The molecule has 0 fully saturated rings. The molecule has 3 aromatic carbocycles. The Morgan fingerprint density at radius 2 is 1.91 bits per heavy atom. The third kappa shape index (κ3) is 3.19. The molecule has 8 nitrogen and oxygen atoms in total. The number of benzene rings is 3. The van der Waals surface area contributed by atoms with Crippen LogP contribution in [0.15, 0.2) is 73.1 Å². The maximum absolute atomic E-state index is 12.2. The number of rotatable bonds is 5. The van der Waals surface area contributed by atoms with Crippen molar-refractivity contribution in [2.24, 2.45) is 0 Å². The van der Waals surface area contributed by atoms with E-state index in [4.69, 9.17) is 0 Å². The number of aromatic nitrogens is 5. The molecule has 8 heteroatoms. The molecule has 3 N–H and O–H groups in total. The number of hydrogen-bond donors (Lipinski definition) is 3. The second-order valence-electron chi connectivity index (χ2n) is 8.14. The number of aliphatic hydroxyl groups is 1. The second-order valence-corrected chi connectivity index (χ2v) is 8.14. The van der Waals surface area contributed by atoms with Gasteiger partial charge in [0.2, 0.25) is 6.41 Å². The first kappa shape index (κ1) is 19.4. The monoisotopic (exact) mass is 436 g/mol. The summed E-state index contributed by atoms with van der Waals surface area (Å²) in [6.07, 6.45) is 2.13. The Labute approximate surface area is 188 Å². The summed E-state index contributed by atoms with van der Waals surface area (Å²) in [4.78, 5) is 18.0. The normalized spacial score (nSPS) is 17.2. The van der Waals surface area contributed by atoms with Crippen molar-refractivity contribution in [1.82, 2.24) is 25.4 Å². The molecule has 1 aliphatic carbocycles. The van der Waals surface area contributed by atoms with E-state index in [-0.39, 0.29) is 0 Å². The molecular weight excluding hydrogens is 416 g/mol. The first-order valence-electron chi connectivity index (χ1n) is 10.7. The Morgan fingerprint density at radius 1 is 1.00 bits per heavy atom. The minimum Gasteiger partial charge on any atom is -0.390 e. The zero-order valence-electron chi connectivity index (χ0n) is 17.5. The Hall–Kier alpha value is -4.30. The van der Waals surface area contributed by atoms with E-state index in [0.717, 1.165) is 45.3 Å². The topological polar surface area (TPSA) is 111 Å². The van der Waals surface area contributed by atoms with Crippen LogP contribution >= 0.6 is 0 Å². The molecule has 2 atom stereocenters. The van der Waals surface area contributed by atoms with Gasteiger partial charge in [0.1, 0.15) is 6.33 Å². The molecule has 1 aliphatic rings. The summed E-state index contributed by atoms with van der Waals surface area (Å²) in [7, 11) is 0. The van der Waals surface area contributed by atoms with Crippen LogP contribution in [0.5, 0.6) is 0 Å². The summed E-state index contributed by atoms with van der Waals surface area (Å²) in [5, 5.41) is 26.1. The van der Waals surface area contributed by atoms with E-state index in [1.165, 1.54) is 6.33 Å². The van der Waals surface area contributed by atoms with Gasteiger partial charge < -0.3 is 10.0 Å². The highest BCUT2D eigenvalue weighted by atomic mass is 16.3. The number of aliphatic hydroxyl groups excluding tert-OH is 1. The summed E-state index contributed by atoms with van der Waals surface area (Å²) >= 11 is 0. The summed E-state index contributed by atoms with van der Waals surface area (Å²) in [6.45, 7) is 0. The number of hydrogen-bond acceptors (Lipinski definition) is 5. The van der Waals surface area contributed by atoms with E-state index < -0.39 is 12.1 Å². The number of fused-ring (bicyclic) bond motifs is 2. The largest absolute Gasteiger partial charge is 0.390 e. The molecule has 0 saturated heterocycles. The lowest BCUT2D eigenvalue weighted by Gasteiger charge is -2.28. The van der Waals surface area contributed by atoms with Crippen LogP contribution in [-0.2, 0) is 11.2 Å². The zero-order chi connectivity index (χ0) is 22.4. The second kappa shape index (κ2) is 7.68. The van der Waals surface area contributed by atoms with Crippen molar-refractivity contribution in [2.75, 3.05) is 4.90 Å². The van der Waals surface area contributed by atoms with E-state index in [1.54, 1.807) is 4.90 Å². The van der Waals surface area contributed by atoms with Gasteiger partial charge in [-0.3, -0.25) is 15.0 Å². The summed E-state index contributed by atoms with van der Waals surface area (Å²) in [5.41, 5.74) is 6.17. The van der Waals surface area contributed by atoms with E-state index >= 15 is 0 Å². The van der Waals surface area contributed by atoms with Crippen LogP contribution in [0.4, 0.5) is 5.69 Å². The van der Waals surface area contributed by atoms with Crippen molar-refractivity contribution in [1.29, 1.82) is 0 Å². The maximum Gasteiger partial charge on any atom is 0.214 e. The van der Waals surface area contributed by atoms with E-state index in [0.29, 0.717) is 17.9 Å². The molecular formula is C25H20N6O2. The van der Waals surface area contributed by atoms with E-state index in [1.807, 2.05) is 66.7 Å². The number of nitrogens with zero attached hydrogens (tertiary/aromatic N) is 4. The van der Waals surface area contributed by atoms with Gasteiger partial charge in [0.05, 0.1) is 23.4 Å². The molecule has 2 aromatic heterocycles. The third-order valence-electron chi connectivity index (χ3n) is 6.25. The molecule has 2 heterocycles. The van der Waals surface area contributed by atoms with Crippen molar-refractivity contribution < 1.29 is 9.90 Å². The van der Waals surface area contributed by atoms with Gasteiger partial charge in [-0.05, 0) is 41.5 Å².